The van der Waals surface area contributed by atoms with Crippen molar-refractivity contribution in [2.45, 2.75) is 71.8 Å². The van der Waals surface area contributed by atoms with E-state index in [1.165, 1.54) is 31.3 Å². The molecule has 1 rings (SSSR count). The SMILES string of the molecule is CCOC1(C)CCCCC(C)C=CC=C(C)CC1. The van der Waals surface area contributed by atoms with Gasteiger partial charge in [-0.2, -0.15) is 0 Å². The largest absolute Gasteiger partial charge is 0.376 e. The second-order valence-electron chi connectivity index (χ2n) is 6.00. The van der Waals surface area contributed by atoms with Gasteiger partial charge in [0.2, 0.25) is 0 Å². The monoisotopic (exact) mass is 250 g/mol. The lowest BCUT2D eigenvalue weighted by Crippen LogP contribution is -2.29. The van der Waals surface area contributed by atoms with Crippen molar-refractivity contribution in [3.63, 3.8) is 0 Å². The quantitative estimate of drug-likeness (QED) is 0.648. The Balaban J connectivity index is 2.68. The van der Waals surface area contributed by atoms with Crippen molar-refractivity contribution in [3.8, 4) is 0 Å². The second kappa shape index (κ2) is 7.78. The van der Waals surface area contributed by atoms with Crippen molar-refractivity contribution >= 4 is 0 Å². The minimum absolute atomic E-state index is 0.0794. The molecular weight excluding hydrogens is 220 g/mol. The maximum absolute atomic E-state index is 6.00. The maximum Gasteiger partial charge on any atom is 0.0657 e. The highest BCUT2D eigenvalue weighted by Gasteiger charge is 2.23. The smallest absolute Gasteiger partial charge is 0.0657 e. The molecule has 104 valence electrons. The Bertz CT molecular complexity index is 290. The first-order valence-corrected chi connectivity index (χ1v) is 7.53. The molecule has 0 N–H and O–H groups in total. The summed E-state index contributed by atoms with van der Waals surface area (Å²) in [6, 6.07) is 0. The van der Waals surface area contributed by atoms with Gasteiger partial charge >= 0.3 is 0 Å². The topological polar surface area (TPSA) is 9.23 Å². The lowest BCUT2D eigenvalue weighted by Gasteiger charge is -2.30. The summed E-state index contributed by atoms with van der Waals surface area (Å²) < 4.78 is 6.00. The summed E-state index contributed by atoms with van der Waals surface area (Å²) in [6.45, 7) is 9.76. The summed E-state index contributed by atoms with van der Waals surface area (Å²) in [6.07, 6.45) is 14.2. The summed E-state index contributed by atoms with van der Waals surface area (Å²) >= 11 is 0. The molecule has 0 aromatic heterocycles. The third kappa shape index (κ3) is 5.86. The van der Waals surface area contributed by atoms with Gasteiger partial charge in [-0.15, -0.1) is 0 Å². The van der Waals surface area contributed by atoms with Crippen LogP contribution in [0.3, 0.4) is 0 Å². The van der Waals surface area contributed by atoms with Crippen LogP contribution < -0.4 is 0 Å². The van der Waals surface area contributed by atoms with Gasteiger partial charge in [-0.05, 0) is 52.4 Å². The van der Waals surface area contributed by atoms with E-state index in [0.29, 0.717) is 5.92 Å². The standard InChI is InChI=1S/C17H30O/c1-5-18-17(4)13-7-6-9-15(2)10-8-11-16(3)12-14-17/h8,10-11,15H,5-7,9,12-14H2,1-4H3. The third-order valence-corrected chi connectivity index (χ3v) is 3.98. The zero-order chi connectivity index (χ0) is 13.4. The molecule has 0 bridgehead atoms. The van der Waals surface area contributed by atoms with Gasteiger partial charge in [0.15, 0.2) is 0 Å². The van der Waals surface area contributed by atoms with Crippen molar-refractivity contribution < 1.29 is 4.74 Å². The van der Waals surface area contributed by atoms with Crippen LogP contribution in [0.4, 0.5) is 0 Å². The van der Waals surface area contributed by atoms with E-state index in [2.05, 4.69) is 45.9 Å². The Morgan fingerprint density at radius 1 is 1.33 bits per heavy atom. The number of hydrogen-bond donors (Lipinski definition) is 0. The van der Waals surface area contributed by atoms with Crippen molar-refractivity contribution in [3.05, 3.63) is 23.8 Å². The third-order valence-electron chi connectivity index (χ3n) is 3.98. The highest BCUT2D eigenvalue weighted by Crippen LogP contribution is 2.28. The van der Waals surface area contributed by atoms with Crippen LogP contribution in [0.2, 0.25) is 0 Å². The van der Waals surface area contributed by atoms with E-state index in [0.717, 1.165) is 19.4 Å². The molecule has 2 atom stereocenters. The Labute approximate surface area is 113 Å². The highest BCUT2D eigenvalue weighted by atomic mass is 16.5. The first kappa shape index (κ1) is 15.5. The Hall–Kier alpha value is -0.560. The van der Waals surface area contributed by atoms with Crippen LogP contribution in [-0.4, -0.2) is 12.2 Å². The molecule has 0 aromatic carbocycles. The maximum atomic E-state index is 6.00. The van der Waals surface area contributed by atoms with E-state index in [1.54, 1.807) is 0 Å². The molecule has 0 radical (unpaired) electrons. The number of allylic oxidation sites excluding steroid dienone is 4. The molecule has 1 nitrogen and oxygen atoms in total. The minimum Gasteiger partial charge on any atom is -0.376 e. The van der Waals surface area contributed by atoms with Gasteiger partial charge in [0.05, 0.1) is 5.60 Å². The molecule has 0 amide bonds. The predicted octanol–water partition coefficient (Wildman–Crippen LogP) is 5.27. The average Bonchev–Trinajstić information content (AvgIpc) is 2.32. The van der Waals surface area contributed by atoms with Gasteiger partial charge in [-0.1, -0.05) is 43.6 Å². The highest BCUT2D eigenvalue weighted by molar-refractivity contribution is 5.11. The van der Waals surface area contributed by atoms with Crippen LogP contribution >= 0.6 is 0 Å². The molecule has 0 fully saturated rings. The van der Waals surface area contributed by atoms with E-state index < -0.39 is 0 Å². The second-order valence-corrected chi connectivity index (χ2v) is 6.00. The molecule has 1 heteroatoms. The van der Waals surface area contributed by atoms with Crippen LogP contribution in [0.5, 0.6) is 0 Å². The number of hydrogen-bond acceptors (Lipinski definition) is 1. The summed E-state index contributed by atoms with van der Waals surface area (Å²) in [7, 11) is 0. The summed E-state index contributed by atoms with van der Waals surface area (Å²) in [5.74, 6) is 0.701. The fourth-order valence-electron chi connectivity index (χ4n) is 2.63. The summed E-state index contributed by atoms with van der Waals surface area (Å²) in [4.78, 5) is 0. The lowest BCUT2D eigenvalue weighted by molar-refractivity contribution is -0.0385. The molecule has 18 heavy (non-hydrogen) atoms. The molecule has 1 aliphatic carbocycles. The van der Waals surface area contributed by atoms with Gasteiger partial charge in [0.1, 0.15) is 0 Å². The molecule has 2 unspecified atom stereocenters. The van der Waals surface area contributed by atoms with Gasteiger partial charge < -0.3 is 4.74 Å². The van der Waals surface area contributed by atoms with Crippen molar-refractivity contribution in [1.82, 2.24) is 0 Å². The molecular formula is C17H30O. The molecule has 0 aliphatic heterocycles. The fraction of sp³-hybridized carbons (Fsp3) is 0.765. The van der Waals surface area contributed by atoms with Gasteiger partial charge in [0, 0.05) is 6.61 Å². The molecule has 0 spiro atoms. The zero-order valence-electron chi connectivity index (χ0n) is 12.7. The molecule has 1 aliphatic rings. The van der Waals surface area contributed by atoms with Crippen LogP contribution in [0.15, 0.2) is 23.8 Å². The average molecular weight is 250 g/mol. The van der Waals surface area contributed by atoms with E-state index in [4.69, 9.17) is 4.74 Å². The molecule has 0 aromatic rings. The molecule has 0 saturated carbocycles. The predicted molar refractivity (Wildman–Crippen MR) is 79.8 cm³/mol. The van der Waals surface area contributed by atoms with Gasteiger partial charge in [-0.3, -0.25) is 0 Å². The van der Waals surface area contributed by atoms with Gasteiger partial charge in [-0.25, -0.2) is 0 Å². The minimum atomic E-state index is 0.0794. The summed E-state index contributed by atoms with van der Waals surface area (Å²) in [5, 5.41) is 0. The van der Waals surface area contributed by atoms with Crippen molar-refractivity contribution in [2.75, 3.05) is 6.61 Å². The van der Waals surface area contributed by atoms with Crippen LogP contribution in [0.25, 0.3) is 0 Å². The van der Waals surface area contributed by atoms with Crippen LogP contribution in [-0.2, 0) is 4.74 Å². The number of ether oxygens (including phenoxy) is 1. The number of rotatable bonds is 2. The van der Waals surface area contributed by atoms with Crippen LogP contribution in [0, 0.1) is 5.92 Å². The Morgan fingerprint density at radius 3 is 2.83 bits per heavy atom. The Morgan fingerprint density at radius 2 is 2.11 bits per heavy atom. The van der Waals surface area contributed by atoms with E-state index >= 15 is 0 Å². The Kier molecular flexibility index (Phi) is 6.70. The van der Waals surface area contributed by atoms with Gasteiger partial charge in [0.25, 0.3) is 0 Å². The normalized spacial score (nSPS) is 31.3. The van der Waals surface area contributed by atoms with E-state index in [1.807, 2.05) is 0 Å². The first-order chi connectivity index (χ1) is 8.56. The first-order valence-electron chi connectivity index (χ1n) is 7.53. The van der Waals surface area contributed by atoms with Crippen molar-refractivity contribution in [1.29, 1.82) is 0 Å². The zero-order valence-corrected chi connectivity index (χ0v) is 12.7. The molecule has 0 heterocycles. The molecule has 0 saturated heterocycles. The lowest BCUT2D eigenvalue weighted by atomic mass is 9.89. The van der Waals surface area contributed by atoms with E-state index in [9.17, 15) is 0 Å². The summed E-state index contributed by atoms with van der Waals surface area (Å²) in [5.41, 5.74) is 1.54. The van der Waals surface area contributed by atoms with Crippen LogP contribution in [0.1, 0.15) is 66.2 Å². The fourth-order valence-corrected chi connectivity index (χ4v) is 2.63. The van der Waals surface area contributed by atoms with Crippen molar-refractivity contribution in [2.24, 2.45) is 5.92 Å². The van der Waals surface area contributed by atoms with E-state index in [-0.39, 0.29) is 5.60 Å².